The first kappa shape index (κ1) is 15.5. The summed E-state index contributed by atoms with van der Waals surface area (Å²) in [6.45, 7) is 1.70. The number of alkyl halides is 2. The standard InChI is InChI=1S/C14H18F2N2O3/c1-9-4-6-18(11(7-9)14(20)21)13(19)10-3-2-5-17(10)8-12(15)16/h2-3,5,9,11-12H,4,6-8H2,1H3,(H,20,21). The summed E-state index contributed by atoms with van der Waals surface area (Å²) in [5.74, 6) is -1.33. The van der Waals surface area contributed by atoms with Crippen molar-refractivity contribution in [3.8, 4) is 0 Å². The monoisotopic (exact) mass is 300 g/mol. The van der Waals surface area contributed by atoms with E-state index in [1.54, 1.807) is 0 Å². The highest BCUT2D eigenvalue weighted by atomic mass is 19.3. The third-order valence-electron chi connectivity index (χ3n) is 3.79. The second kappa shape index (κ2) is 6.24. The maximum atomic E-state index is 12.5. The van der Waals surface area contributed by atoms with Crippen LogP contribution in [0.2, 0.25) is 0 Å². The Balaban J connectivity index is 2.22. The van der Waals surface area contributed by atoms with E-state index in [1.165, 1.54) is 27.8 Å². The van der Waals surface area contributed by atoms with Gasteiger partial charge in [-0.25, -0.2) is 13.6 Å². The van der Waals surface area contributed by atoms with Crippen molar-refractivity contribution >= 4 is 11.9 Å². The van der Waals surface area contributed by atoms with Crippen LogP contribution in [0.1, 0.15) is 30.3 Å². The van der Waals surface area contributed by atoms with Crippen molar-refractivity contribution in [1.29, 1.82) is 0 Å². The molecule has 0 spiro atoms. The minimum Gasteiger partial charge on any atom is -0.480 e. The Labute approximate surface area is 121 Å². The molecule has 0 bridgehead atoms. The van der Waals surface area contributed by atoms with Crippen LogP contribution in [0.25, 0.3) is 0 Å². The van der Waals surface area contributed by atoms with Gasteiger partial charge in [-0.2, -0.15) is 0 Å². The van der Waals surface area contributed by atoms with Crippen molar-refractivity contribution in [3.05, 3.63) is 24.0 Å². The number of amides is 1. The molecule has 2 unspecified atom stereocenters. The number of hydrogen-bond donors (Lipinski definition) is 1. The molecule has 2 atom stereocenters. The van der Waals surface area contributed by atoms with Crippen molar-refractivity contribution in [3.63, 3.8) is 0 Å². The summed E-state index contributed by atoms with van der Waals surface area (Å²) in [4.78, 5) is 25.1. The summed E-state index contributed by atoms with van der Waals surface area (Å²) in [5, 5.41) is 9.27. The van der Waals surface area contributed by atoms with Gasteiger partial charge in [-0.1, -0.05) is 6.92 Å². The van der Waals surface area contributed by atoms with Crippen LogP contribution in [0.15, 0.2) is 18.3 Å². The van der Waals surface area contributed by atoms with Gasteiger partial charge in [-0.15, -0.1) is 0 Å². The predicted octanol–water partition coefficient (Wildman–Crippen LogP) is 2.08. The first-order valence-electron chi connectivity index (χ1n) is 6.87. The van der Waals surface area contributed by atoms with E-state index in [4.69, 9.17) is 0 Å². The number of nitrogens with zero attached hydrogens (tertiary/aromatic N) is 2. The second-order valence-electron chi connectivity index (χ2n) is 5.42. The quantitative estimate of drug-likeness (QED) is 0.926. The van der Waals surface area contributed by atoms with Gasteiger partial charge in [-0.3, -0.25) is 4.79 Å². The topological polar surface area (TPSA) is 62.5 Å². The highest BCUT2D eigenvalue weighted by Gasteiger charge is 2.36. The Hall–Kier alpha value is -1.92. The number of likely N-dealkylation sites (tertiary alicyclic amines) is 1. The first-order chi connectivity index (χ1) is 9.90. The molecule has 1 amide bonds. The maximum absolute atomic E-state index is 12.5. The van der Waals surface area contributed by atoms with E-state index in [0.717, 1.165) is 0 Å². The zero-order valence-electron chi connectivity index (χ0n) is 11.7. The summed E-state index contributed by atoms with van der Waals surface area (Å²) >= 11 is 0. The summed E-state index contributed by atoms with van der Waals surface area (Å²) < 4.78 is 26.2. The Bertz CT molecular complexity index is 530. The number of hydrogen-bond acceptors (Lipinski definition) is 2. The number of aliphatic carboxylic acids is 1. The van der Waals surface area contributed by atoms with Crippen molar-refractivity contribution in [2.24, 2.45) is 5.92 Å². The van der Waals surface area contributed by atoms with Crippen LogP contribution in [-0.2, 0) is 11.3 Å². The van der Waals surface area contributed by atoms with Gasteiger partial charge in [0.15, 0.2) is 0 Å². The largest absolute Gasteiger partial charge is 0.480 e. The molecule has 2 rings (SSSR count). The van der Waals surface area contributed by atoms with Crippen LogP contribution < -0.4 is 0 Å². The van der Waals surface area contributed by atoms with Crippen molar-refractivity contribution < 1.29 is 23.5 Å². The fourth-order valence-electron chi connectivity index (χ4n) is 2.68. The third-order valence-corrected chi connectivity index (χ3v) is 3.79. The molecule has 1 N–H and O–H groups in total. The minimum atomic E-state index is -2.57. The van der Waals surface area contributed by atoms with Crippen LogP contribution in [0.5, 0.6) is 0 Å². The number of carboxylic acid groups (broad SMARTS) is 1. The summed E-state index contributed by atoms with van der Waals surface area (Å²) in [6.07, 6.45) is -0.0655. The average molecular weight is 300 g/mol. The van der Waals surface area contributed by atoms with Crippen LogP contribution in [-0.4, -0.2) is 45.5 Å². The average Bonchev–Trinajstić information content (AvgIpc) is 2.85. The molecule has 0 saturated carbocycles. The zero-order valence-corrected chi connectivity index (χ0v) is 11.7. The second-order valence-corrected chi connectivity index (χ2v) is 5.42. The van der Waals surface area contributed by atoms with Gasteiger partial charge in [0.25, 0.3) is 12.3 Å². The van der Waals surface area contributed by atoms with E-state index in [1.807, 2.05) is 6.92 Å². The lowest BCUT2D eigenvalue weighted by atomic mass is 9.92. The minimum absolute atomic E-state index is 0.108. The fraction of sp³-hybridized carbons (Fsp3) is 0.571. The molecular weight excluding hydrogens is 282 g/mol. The van der Waals surface area contributed by atoms with Gasteiger partial charge in [0.2, 0.25) is 0 Å². The number of aromatic nitrogens is 1. The SMILES string of the molecule is CC1CCN(C(=O)c2cccn2CC(F)F)C(C(=O)O)C1. The number of carbonyl (C=O) groups is 2. The zero-order chi connectivity index (χ0) is 15.6. The highest BCUT2D eigenvalue weighted by molar-refractivity contribution is 5.95. The van der Waals surface area contributed by atoms with Gasteiger partial charge in [-0.05, 0) is 30.9 Å². The number of halogens is 2. The first-order valence-corrected chi connectivity index (χ1v) is 6.87. The molecule has 116 valence electrons. The van der Waals surface area contributed by atoms with E-state index in [-0.39, 0.29) is 11.6 Å². The van der Waals surface area contributed by atoms with Gasteiger partial charge in [0.05, 0.1) is 6.54 Å². The molecular formula is C14H18F2N2O3. The Morgan fingerprint density at radius 3 is 2.81 bits per heavy atom. The van der Waals surface area contributed by atoms with Gasteiger partial charge < -0.3 is 14.6 Å². The lowest BCUT2D eigenvalue weighted by molar-refractivity contribution is -0.144. The predicted molar refractivity (Wildman–Crippen MR) is 71.3 cm³/mol. The van der Waals surface area contributed by atoms with Gasteiger partial charge in [0, 0.05) is 12.7 Å². The summed E-state index contributed by atoms with van der Waals surface area (Å²) in [5.41, 5.74) is 0.108. The summed E-state index contributed by atoms with van der Waals surface area (Å²) in [7, 11) is 0. The molecule has 1 aromatic rings. The van der Waals surface area contributed by atoms with E-state index in [9.17, 15) is 23.5 Å². The molecule has 21 heavy (non-hydrogen) atoms. The van der Waals surface area contributed by atoms with Crippen molar-refractivity contribution in [2.75, 3.05) is 6.54 Å². The lowest BCUT2D eigenvalue weighted by Crippen LogP contribution is -2.50. The summed E-state index contributed by atoms with van der Waals surface area (Å²) in [6, 6.07) is 2.07. The Morgan fingerprint density at radius 1 is 1.48 bits per heavy atom. The van der Waals surface area contributed by atoms with E-state index in [2.05, 4.69) is 0 Å². The third kappa shape index (κ3) is 3.40. The molecule has 1 aliphatic rings. The van der Waals surface area contributed by atoms with Crippen LogP contribution in [0.3, 0.4) is 0 Å². The maximum Gasteiger partial charge on any atom is 0.326 e. The van der Waals surface area contributed by atoms with Crippen LogP contribution >= 0.6 is 0 Å². The molecule has 0 aromatic carbocycles. The molecule has 2 heterocycles. The Morgan fingerprint density at radius 2 is 2.19 bits per heavy atom. The molecule has 5 nitrogen and oxygen atoms in total. The van der Waals surface area contributed by atoms with Gasteiger partial charge >= 0.3 is 5.97 Å². The van der Waals surface area contributed by atoms with E-state index in [0.29, 0.717) is 19.4 Å². The Kier molecular flexibility index (Phi) is 4.59. The van der Waals surface area contributed by atoms with Crippen molar-refractivity contribution in [2.45, 2.75) is 38.8 Å². The van der Waals surface area contributed by atoms with E-state index >= 15 is 0 Å². The number of piperidine rings is 1. The molecule has 0 radical (unpaired) electrons. The van der Waals surface area contributed by atoms with Crippen molar-refractivity contribution in [1.82, 2.24) is 9.47 Å². The number of rotatable bonds is 4. The van der Waals surface area contributed by atoms with Crippen LogP contribution in [0, 0.1) is 5.92 Å². The van der Waals surface area contributed by atoms with E-state index < -0.39 is 30.9 Å². The molecule has 1 aliphatic heterocycles. The fourth-order valence-corrected chi connectivity index (χ4v) is 2.68. The molecule has 7 heteroatoms. The highest BCUT2D eigenvalue weighted by Crippen LogP contribution is 2.24. The lowest BCUT2D eigenvalue weighted by Gasteiger charge is -2.36. The number of carbonyl (C=O) groups excluding carboxylic acids is 1. The molecule has 1 fully saturated rings. The normalized spacial score (nSPS) is 22.6. The molecule has 1 aromatic heterocycles. The van der Waals surface area contributed by atoms with Gasteiger partial charge in [0.1, 0.15) is 11.7 Å². The smallest absolute Gasteiger partial charge is 0.326 e. The number of carboxylic acids is 1. The van der Waals surface area contributed by atoms with Crippen LogP contribution in [0.4, 0.5) is 8.78 Å². The molecule has 1 saturated heterocycles. The molecule has 0 aliphatic carbocycles.